The molecule has 0 saturated carbocycles. The van der Waals surface area contributed by atoms with Crippen LogP contribution in [0.15, 0.2) is 96.2 Å². The van der Waals surface area contributed by atoms with E-state index in [0.29, 0.717) is 37.3 Å². The smallest absolute Gasteiger partial charge is 0.350 e. The van der Waals surface area contributed by atoms with Crippen molar-refractivity contribution in [2.24, 2.45) is 0 Å². The number of piperazine rings is 1. The number of hydrogen-bond acceptors (Lipinski definition) is 6. The number of benzene rings is 3. The molecule has 5 rings (SSSR count). The number of nitrogens with zero attached hydrogens (tertiary/aromatic N) is 5. The number of ketones is 1. The summed E-state index contributed by atoms with van der Waals surface area (Å²) in [5.41, 5.74) is -0.997. The summed E-state index contributed by atoms with van der Waals surface area (Å²) in [6.07, 6.45) is -9.58. The Kier molecular flexibility index (Phi) is 13.4. The van der Waals surface area contributed by atoms with Crippen molar-refractivity contribution in [1.82, 2.24) is 20.4 Å². The fourth-order valence-corrected chi connectivity index (χ4v) is 7.09. The third-order valence-electron chi connectivity index (χ3n) is 10.2. The van der Waals surface area contributed by atoms with Gasteiger partial charge in [-0.15, -0.1) is 0 Å². The summed E-state index contributed by atoms with van der Waals surface area (Å²) in [6, 6.07) is 14.7. The predicted octanol–water partition coefficient (Wildman–Crippen LogP) is 5.85. The molecule has 1 atom stereocenters. The average molecular weight is 825 g/mol. The third kappa shape index (κ3) is 10.7. The molecule has 4 amide bonds. The van der Waals surface area contributed by atoms with Gasteiger partial charge in [0.15, 0.2) is 5.78 Å². The number of quaternary nitrogens is 1. The second-order valence-electron chi connectivity index (χ2n) is 15.0. The minimum Gasteiger partial charge on any atom is -0.350 e. The first kappa shape index (κ1) is 44.1. The zero-order valence-electron chi connectivity index (χ0n) is 32.7. The summed E-state index contributed by atoms with van der Waals surface area (Å²) in [4.78, 5) is 59.6. The van der Waals surface area contributed by atoms with Crippen LogP contribution in [0.3, 0.4) is 0 Å². The first-order chi connectivity index (χ1) is 27.7. The second kappa shape index (κ2) is 17.9. The molecule has 2 heterocycles. The number of halogens is 6. The molecule has 3 aromatic carbocycles. The molecule has 0 bridgehead atoms. The minimum atomic E-state index is -4.75. The quantitative estimate of drug-likeness (QED) is 0.127. The molecule has 59 heavy (non-hydrogen) atoms. The Labute approximate surface area is 337 Å². The lowest BCUT2D eigenvalue weighted by molar-refractivity contribution is -0.883. The van der Waals surface area contributed by atoms with Crippen molar-refractivity contribution in [3.05, 3.63) is 124 Å². The molecule has 0 aliphatic carbocycles. The molecule has 0 spiro atoms. The topological polar surface area (TPSA) is 126 Å². The highest BCUT2D eigenvalue weighted by Crippen LogP contribution is 2.42. The summed E-state index contributed by atoms with van der Waals surface area (Å²) in [7, 11) is 3.52. The van der Waals surface area contributed by atoms with Gasteiger partial charge in [0.25, 0.3) is 5.91 Å². The van der Waals surface area contributed by atoms with Gasteiger partial charge < -0.3 is 24.9 Å². The van der Waals surface area contributed by atoms with Gasteiger partial charge in [-0.3, -0.25) is 19.3 Å². The minimum absolute atomic E-state index is 0.0324. The van der Waals surface area contributed by atoms with Gasteiger partial charge in [-0.2, -0.15) is 31.6 Å². The SMILES string of the molecule is C=C(C[N+](C)(C)CCNC(=O)Cc1cccc(C(F)(F)F)c1)C(=O)CN1C(=O)N(c2cccc(C(F)(F)F)c2)C(C)=C(C(=O)N2CCNCC2)C1c1ccc(C#N)cc1. The number of amides is 4. The van der Waals surface area contributed by atoms with Gasteiger partial charge in [-0.1, -0.05) is 43.0 Å². The molecule has 2 aliphatic heterocycles. The van der Waals surface area contributed by atoms with Crippen LogP contribution in [0.2, 0.25) is 0 Å². The number of carbonyl (C=O) groups is 4. The maximum atomic E-state index is 14.7. The number of rotatable bonds is 13. The zero-order chi connectivity index (χ0) is 43.3. The predicted molar refractivity (Wildman–Crippen MR) is 206 cm³/mol. The van der Waals surface area contributed by atoms with Crippen LogP contribution in [0.5, 0.6) is 0 Å². The van der Waals surface area contributed by atoms with Gasteiger partial charge in [0.2, 0.25) is 5.91 Å². The molecule has 17 heteroatoms. The van der Waals surface area contributed by atoms with Crippen LogP contribution >= 0.6 is 0 Å². The number of alkyl halides is 6. The number of hydrogen-bond donors (Lipinski definition) is 2. The van der Waals surface area contributed by atoms with Gasteiger partial charge in [0, 0.05) is 37.4 Å². The number of carbonyl (C=O) groups excluding carboxylic acids is 4. The van der Waals surface area contributed by atoms with Crippen molar-refractivity contribution in [3.63, 3.8) is 0 Å². The van der Waals surface area contributed by atoms with Crippen LogP contribution in [-0.2, 0) is 33.2 Å². The molecule has 1 saturated heterocycles. The van der Waals surface area contributed by atoms with Crippen LogP contribution in [0.4, 0.5) is 36.8 Å². The van der Waals surface area contributed by atoms with Crippen LogP contribution in [0, 0.1) is 11.3 Å². The molecular formula is C42H44F6N7O4+. The first-order valence-electron chi connectivity index (χ1n) is 18.6. The number of allylic oxidation sites excluding steroid dienone is 1. The van der Waals surface area contributed by atoms with Crippen LogP contribution < -0.4 is 15.5 Å². The van der Waals surface area contributed by atoms with Crippen molar-refractivity contribution < 1.29 is 50.0 Å². The summed E-state index contributed by atoms with van der Waals surface area (Å²) >= 11 is 0. The summed E-state index contributed by atoms with van der Waals surface area (Å²) in [6.45, 7) is 6.80. The second-order valence-corrected chi connectivity index (χ2v) is 15.0. The van der Waals surface area contributed by atoms with Crippen molar-refractivity contribution in [3.8, 4) is 6.07 Å². The number of likely N-dealkylation sites (N-methyl/N-ethyl adjacent to an activating group) is 1. The van der Waals surface area contributed by atoms with Crippen molar-refractivity contribution in [1.29, 1.82) is 5.26 Å². The molecule has 312 valence electrons. The van der Waals surface area contributed by atoms with E-state index in [0.717, 1.165) is 40.1 Å². The molecular weight excluding hydrogens is 780 g/mol. The lowest BCUT2D eigenvalue weighted by Crippen LogP contribution is -2.55. The summed E-state index contributed by atoms with van der Waals surface area (Å²) in [5, 5.41) is 15.3. The molecule has 0 aromatic heterocycles. The highest BCUT2D eigenvalue weighted by Gasteiger charge is 2.45. The molecule has 11 nitrogen and oxygen atoms in total. The monoisotopic (exact) mass is 824 g/mol. The van der Waals surface area contributed by atoms with E-state index in [-0.39, 0.29) is 58.6 Å². The third-order valence-corrected chi connectivity index (χ3v) is 10.2. The van der Waals surface area contributed by atoms with E-state index < -0.39 is 59.7 Å². The van der Waals surface area contributed by atoms with Crippen LogP contribution in [-0.4, -0.2) is 104 Å². The maximum absolute atomic E-state index is 14.7. The average Bonchev–Trinajstić information content (AvgIpc) is 3.18. The van der Waals surface area contributed by atoms with Gasteiger partial charge in [0.05, 0.1) is 80.2 Å². The van der Waals surface area contributed by atoms with Gasteiger partial charge >= 0.3 is 18.4 Å². The van der Waals surface area contributed by atoms with Gasteiger partial charge in [-0.05, 0) is 54.4 Å². The van der Waals surface area contributed by atoms with Crippen molar-refractivity contribution >= 4 is 29.3 Å². The first-order valence-corrected chi connectivity index (χ1v) is 18.6. The largest absolute Gasteiger partial charge is 0.416 e. The maximum Gasteiger partial charge on any atom is 0.416 e. The lowest BCUT2D eigenvalue weighted by atomic mass is 9.90. The Bertz CT molecular complexity index is 2170. The Morgan fingerprint density at radius 2 is 1.54 bits per heavy atom. The van der Waals surface area contributed by atoms with E-state index in [1.54, 1.807) is 31.1 Å². The Balaban J connectivity index is 1.41. The molecule has 0 radical (unpaired) electrons. The van der Waals surface area contributed by atoms with Gasteiger partial charge in [0.1, 0.15) is 6.54 Å². The molecule has 3 aromatic rings. The van der Waals surface area contributed by atoms with Crippen molar-refractivity contribution in [2.75, 3.05) is 71.4 Å². The van der Waals surface area contributed by atoms with E-state index in [1.807, 2.05) is 6.07 Å². The number of nitrogens with one attached hydrogen (secondary N) is 2. The van der Waals surface area contributed by atoms with E-state index in [9.17, 15) is 50.8 Å². The van der Waals surface area contributed by atoms with Crippen LogP contribution in [0.1, 0.15) is 40.8 Å². The highest BCUT2D eigenvalue weighted by atomic mass is 19.4. The van der Waals surface area contributed by atoms with E-state index in [2.05, 4.69) is 17.2 Å². The summed E-state index contributed by atoms with van der Waals surface area (Å²) < 4.78 is 81.3. The lowest BCUT2D eigenvalue weighted by Gasteiger charge is -2.44. The van der Waals surface area contributed by atoms with Crippen molar-refractivity contribution in [2.45, 2.75) is 31.7 Å². The molecule has 2 aliphatic rings. The number of anilines is 1. The molecule has 1 unspecified atom stereocenters. The Morgan fingerprint density at radius 1 is 0.932 bits per heavy atom. The van der Waals surface area contributed by atoms with E-state index >= 15 is 0 Å². The van der Waals surface area contributed by atoms with E-state index in [1.165, 1.54) is 37.3 Å². The normalized spacial score (nSPS) is 16.5. The Hall–Kier alpha value is -5.99. The number of urea groups is 1. The fraction of sp³-hybridized carbons (Fsp3) is 0.357. The summed E-state index contributed by atoms with van der Waals surface area (Å²) in [5.74, 6) is -1.59. The Morgan fingerprint density at radius 3 is 2.15 bits per heavy atom. The van der Waals surface area contributed by atoms with E-state index in [4.69, 9.17) is 0 Å². The standard InChI is InChI=1S/C42H43F6N7O4/c1-27(26-55(3,4)20-17-51-36(57)22-30-7-5-8-32(21-30)41(43,44)45)35(56)25-53-38(31-13-11-29(24-49)12-14-31)37(39(58)52-18-15-50-16-19-52)28(2)54(40(53)59)34-10-6-9-33(23-34)42(46,47)48/h5-14,21,23,38,50H,1,15-20,22,25-26H2,2-4H3/p+1. The van der Waals surface area contributed by atoms with Crippen LogP contribution in [0.25, 0.3) is 0 Å². The molecule has 2 N–H and O–H groups in total. The fourth-order valence-electron chi connectivity index (χ4n) is 7.09. The van der Waals surface area contributed by atoms with Gasteiger partial charge in [-0.25, -0.2) is 4.79 Å². The highest BCUT2D eigenvalue weighted by molar-refractivity contribution is 6.07. The molecule has 1 fully saturated rings. The zero-order valence-corrected chi connectivity index (χ0v) is 32.7. The number of nitriles is 1. The number of Topliss-reactive ketones (excluding diaryl/α,β-unsaturated/α-hetero) is 1.